The Kier molecular flexibility index (Phi) is 3.31. The molecule has 82 valence electrons. The summed E-state index contributed by atoms with van der Waals surface area (Å²) in [5, 5.41) is 7.10. The van der Waals surface area contributed by atoms with Crippen molar-refractivity contribution < 1.29 is 22.5 Å². The fourth-order valence-electron chi connectivity index (χ4n) is 1.33. The number of carboxylic acids is 1. The van der Waals surface area contributed by atoms with E-state index in [1.54, 1.807) is 0 Å². The molecule has 0 spiro atoms. The van der Waals surface area contributed by atoms with Crippen LogP contribution in [0.4, 0.5) is 0 Å². The predicted molar refractivity (Wildman–Crippen MR) is 52.3 cm³/mol. The minimum Gasteiger partial charge on any atom is -0.480 e. The molecule has 0 aliphatic carbocycles. The first kappa shape index (κ1) is 11.6. The van der Waals surface area contributed by atoms with E-state index in [2.05, 4.69) is 0 Å². The van der Waals surface area contributed by atoms with E-state index in [1.165, 1.54) is 6.92 Å². The van der Waals surface area contributed by atoms with Crippen molar-refractivity contribution in [2.45, 2.75) is 23.8 Å². The van der Waals surface area contributed by atoms with Crippen LogP contribution in [-0.2, 0) is 25.4 Å². The van der Waals surface area contributed by atoms with Gasteiger partial charge in [-0.25, -0.2) is 8.42 Å². The van der Waals surface area contributed by atoms with Gasteiger partial charge in [-0.1, -0.05) is 0 Å². The Hall–Kier alpha value is -0.430. The molecule has 1 fully saturated rings. The molecule has 14 heavy (non-hydrogen) atoms. The molecule has 1 aliphatic rings. The first-order valence-corrected chi connectivity index (χ1v) is 7.26. The molecule has 1 N–H and O–H groups in total. The smallest absolute Gasteiger partial charge is 0.318 e. The maximum Gasteiger partial charge on any atom is 0.318 e. The van der Waals surface area contributed by atoms with E-state index in [0.717, 1.165) is 0 Å². The first-order chi connectivity index (χ1) is 6.33. The lowest BCUT2D eigenvalue weighted by atomic mass is 10.4. The lowest BCUT2D eigenvalue weighted by molar-refractivity contribution is -0.136. The zero-order chi connectivity index (χ0) is 10.9. The van der Waals surface area contributed by atoms with Gasteiger partial charge in [0.2, 0.25) is 0 Å². The number of aliphatic carboxylic acids is 1. The van der Waals surface area contributed by atoms with Gasteiger partial charge in [0.15, 0.2) is 9.84 Å². The van der Waals surface area contributed by atoms with Crippen molar-refractivity contribution in [3.05, 3.63) is 0 Å². The van der Waals surface area contributed by atoms with Crippen LogP contribution < -0.4 is 0 Å². The van der Waals surface area contributed by atoms with Crippen LogP contribution >= 0.6 is 0 Å². The number of hydrogen-bond acceptors (Lipinski definition) is 4. The van der Waals surface area contributed by atoms with E-state index in [0.29, 0.717) is 6.42 Å². The minimum atomic E-state index is -3.09. The second-order valence-corrected chi connectivity index (χ2v) is 7.59. The molecule has 0 amide bonds. The molecular formula is C7H12O5S2. The van der Waals surface area contributed by atoms with Crippen molar-refractivity contribution in [1.82, 2.24) is 0 Å². The molecule has 1 rings (SSSR count). The Bertz CT molecular complexity index is 358. The maximum absolute atomic E-state index is 11.5. The summed E-state index contributed by atoms with van der Waals surface area (Å²) in [6.45, 7) is 1.34. The van der Waals surface area contributed by atoms with Crippen molar-refractivity contribution in [3.8, 4) is 0 Å². The van der Waals surface area contributed by atoms with Crippen molar-refractivity contribution in [2.75, 3.05) is 11.5 Å². The Morgan fingerprint density at radius 3 is 2.50 bits per heavy atom. The van der Waals surface area contributed by atoms with Crippen LogP contribution in [0.25, 0.3) is 0 Å². The monoisotopic (exact) mass is 240 g/mol. The van der Waals surface area contributed by atoms with Gasteiger partial charge in [0.1, 0.15) is 5.25 Å². The molecule has 1 heterocycles. The van der Waals surface area contributed by atoms with Crippen LogP contribution in [0.1, 0.15) is 13.3 Å². The summed E-state index contributed by atoms with van der Waals surface area (Å²) < 4.78 is 33.7. The van der Waals surface area contributed by atoms with Gasteiger partial charge in [-0.15, -0.1) is 0 Å². The highest BCUT2D eigenvalue weighted by atomic mass is 32.2. The molecule has 1 aliphatic heterocycles. The molecular weight excluding hydrogens is 228 g/mol. The molecule has 3 atom stereocenters. The summed E-state index contributed by atoms with van der Waals surface area (Å²) in [6.07, 6.45) is 0.312. The standard InChI is InChI=1S/C7H12O5S2/c1-5(7(8)9)13(10)6-2-3-14(11,12)4-6/h5-6H,2-4H2,1H3,(H,8,9). The molecule has 0 aromatic carbocycles. The molecule has 7 heteroatoms. The fraction of sp³-hybridized carbons (Fsp3) is 0.857. The van der Waals surface area contributed by atoms with Gasteiger partial charge in [-0.05, 0) is 13.3 Å². The normalized spacial score (nSPS) is 29.6. The average Bonchev–Trinajstić information content (AvgIpc) is 2.43. The molecule has 0 radical (unpaired) electrons. The Balaban J connectivity index is 2.69. The molecule has 3 unspecified atom stereocenters. The quantitative estimate of drug-likeness (QED) is 0.711. The Morgan fingerprint density at radius 2 is 2.14 bits per heavy atom. The van der Waals surface area contributed by atoms with Gasteiger partial charge in [-0.2, -0.15) is 0 Å². The van der Waals surface area contributed by atoms with E-state index in [4.69, 9.17) is 5.11 Å². The van der Waals surface area contributed by atoms with Crippen LogP contribution in [0.5, 0.6) is 0 Å². The topological polar surface area (TPSA) is 88.5 Å². The van der Waals surface area contributed by atoms with Gasteiger partial charge in [-0.3, -0.25) is 9.00 Å². The van der Waals surface area contributed by atoms with Gasteiger partial charge < -0.3 is 5.11 Å². The third kappa shape index (κ3) is 2.54. The molecule has 0 aromatic rings. The van der Waals surface area contributed by atoms with E-state index < -0.39 is 37.1 Å². The SMILES string of the molecule is CC(C(=O)O)S(=O)C1CCS(=O)(=O)C1. The zero-order valence-corrected chi connectivity index (χ0v) is 9.31. The van der Waals surface area contributed by atoms with Crippen LogP contribution in [0.15, 0.2) is 0 Å². The third-order valence-corrected chi connectivity index (χ3v) is 6.15. The average molecular weight is 240 g/mol. The van der Waals surface area contributed by atoms with Crippen LogP contribution in [0, 0.1) is 0 Å². The maximum atomic E-state index is 11.5. The zero-order valence-electron chi connectivity index (χ0n) is 7.67. The number of carboxylic acid groups (broad SMARTS) is 1. The summed E-state index contributed by atoms with van der Waals surface area (Å²) in [6, 6.07) is 0. The summed E-state index contributed by atoms with van der Waals surface area (Å²) in [7, 11) is -4.68. The van der Waals surface area contributed by atoms with E-state index in [1.807, 2.05) is 0 Å². The highest BCUT2D eigenvalue weighted by molar-refractivity contribution is 7.94. The molecule has 0 bridgehead atoms. The van der Waals surface area contributed by atoms with E-state index in [9.17, 15) is 17.4 Å². The van der Waals surface area contributed by atoms with Crippen LogP contribution in [0.3, 0.4) is 0 Å². The van der Waals surface area contributed by atoms with Crippen molar-refractivity contribution >= 4 is 26.6 Å². The Morgan fingerprint density at radius 1 is 1.57 bits per heavy atom. The van der Waals surface area contributed by atoms with Crippen molar-refractivity contribution in [3.63, 3.8) is 0 Å². The van der Waals surface area contributed by atoms with E-state index >= 15 is 0 Å². The summed E-state index contributed by atoms with van der Waals surface area (Å²) in [5.41, 5.74) is 0. The van der Waals surface area contributed by atoms with Gasteiger partial charge >= 0.3 is 5.97 Å². The number of carbonyl (C=O) groups is 1. The van der Waals surface area contributed by atoms with Gasteiger partial charge in [0, 0.05) is 10.8 Å². The minimum absolute atomic E-state index is 0.0236. The Labute approximate surface area is 84.9 Å². The summed E-state index contributed by atoms with van der Waals surface area (Å²) in [5.74, 6) is -1.26. The summed E-state index contributed by atoms with van der Waals surface area (Å²) >= 11 is 0. The van der Waals surface area contributed by atoms with Crippen molar-refractivity contribution in [2.24, 2.45) is 0 Å². The molecule has 1 saturated heterocycles. The first-order valence-electron chi connectivity index (χ1n) is 4.16. The predicted octanol–water partition coefficient (Wildman–Crippen LogP) is -0.605. The van der Waals surface area contributed by atoms with E-state index in [-0.39, 0.29) is 11.5 Å². The molecule has 5 nitrogen and oxygen atoms in total. The van der Waals surface area contributed by atoms with Gasteiger partial charge in [0.05, 0.1) is 16.8 Å². The number of hydrogen-bond donors (Lipinski definition) is 1. The lowest BCUT2D eigenvalue weighted by Gasteiger charge is -2.11. The highest BCUT2D eigenvalue weighted by Gasteiger charge is 2.35. The highest BCUT2D eigenvalue weighted by Crippen LogP contribution is 2.19. The largest absolute Gasteiger partial charge is 0.480 e. The lowest BCUT2D eigenvalue weighted by Crippen LogP contribution is -2.30. The number of sulfone groups is 1. The number of rotatable bonds is 3. The molecule has 0 saturated carbocycles. The molecule has 0 aromatic heterocycles. The third-order valence-electron chi connectivity index (χ3n) is 2.22. The second kappa shape index (κ2) is 3.98. The van der Waals surface area contributed by atoms with Crippen LogP contribution in [0.2, 0.25) is 0 Å². The fourth-order valence-corrected chi connectivity index (χ4v) is 5.31. The summed E-state index contributed by atoms with van der Waals surface area (Å²) in [4.78, 5) is 10.5. The van der Waals surface area contributed by atoms with Crippen molar-refractivity contribution in [1.29, 1.82) is 0 Å². The second-order valence-electron chi connectivity index (χ2n) is 3.33. The van der Waals surface area contributed by atoms with Gasteiger partial charge in [0.25, 0.3) is 0 Å². The van der Waals surface area contributed by atoms with Crippen LogP contribution in [-0.4, -0.2) is 45.7 Å².